The van der Waals surface area contributed by atoms with Gasteiger partial charge < -0.3 is 10.2 Å². The van der Waals surface area contributed by atoms with Crippen molar-refractivity contribution < 1.29 is 24.6 Å². The molecule has 0 heterocycles. The first-order valence-corrected chi connectivity index (χ1v) is 7.13. The molecular formula is C17H18O5. The van der Waals surface area contributed by atoms with Crippen LogP contribution in [0.15, 0.2) is 47.1 Å². The van der Waals surface area contributed by atoms with Gasteiger partial charge in [-0.3, -0.25) is 9.59 Å². The maximum atomic E-state index is 11.2. The molecule has 3 rings (SSSR count). The van der Waals surface area contributed by atoms with Gasteiger partial charge in [0.05, 0.1) is 12.0 Å². The number of carbonyl (C=O) groups is 3. The Morgan fingerprint density at radius 3 is 2.50 bits per heavy atom. The molecule has 3 aliphatic carbocycles. The number of hydrogen-bond acceptors (Lipinski definition) is 3. The lowest BCUT2D eigenvalue weighted by Crippen LogP contribution is -2.24. The summed E-state index contributed by atoms with van der Waals surface area (Å²) < 4.78 is 0. The fourth-order valence-electron chi connectivity index (χ4n) is 2.88. The SMILES string of the molecule is CC1(CC(=O)O)CCCC1=O.O=C(O)C1=CC=C2C=CC=C21. The number of carboxylic acids is 2. The second kappa shape index (κ2) is 6.13. The molecule has 0 saturated heterocycles. The Bertz CT molecular complexity index is 648. The molecule has 3 aliphatic rings. The van der Waals surface area contributed by atoms with Crippen LogP contribution in [0, 0.1) is 5.41 Å². The summed E-state index contributed by atoms with van der Waals surface area (Å²) in [7, 11) is 0. The van der Waals surface area contributed by atoms with Gasteiger partial charge in [-0.05, 0) is 30.1 Å². The zero-order valence-electron chi connectivity index (χ0n) is 12.3. The van der Waals surface area contributed by atoms with E-state index in [-0.39, 0.29) is 12.2 Å². The van der Waals surface area contributed by atoms with E-state index in [9.17, 15) is 14.4 Å². The zero-order valence-corrected chi connectivity index (χ0v) is 12.3. The lowest BCUT2D eigenvalue weighted by Gasteiger charge is -2.18. The van der Waals surface area contributed by atoms with E-state index in [0.717, 1.165) is 24.0 Å². The van der Waals surface area contributed by atoms with Crippen LogP contribution in [-0.4, -0.2) is 27.9 Å². The minimum absolute atomic E-state index is 0.00810. The van der Waals surface area contributed by atoms with Gasteiger partial charge in [0.2, 0.25) is 0 Å². The maximum absolute atomic E-state index is 11.2. The summed E-state index contributed by atoms with van der Waals surface area (Å²) in [5.41, 5.74) is 1.66. The van der Waals surface area contributed by atoms with Crippen molar-refractivity contribution in [1.29, 1.82) is 0 Å². The normalized spacial score (nSPS) is 25.0. The number of allylic oxidation sites excluding steroid dienone is 6. The van der Waals surface area contributed by atoms with Gasteiger partial charge in [-0.15, -0.1) is 0 Å². The molecule has 116 valence electrons. The van der Waals surface area contributed by atoms with Crippen LogP contribution in [0.1, 0.15) is 32.6 Å². The minimum Gasteiger partial charge on any atom is -0.481 e. The van der Waals surface area contributed by atoms with Crippen molar-refractivity contribution in [3.05, 3.63) is 47.1 Å². The molecule has 2 N–H and O–H groups in total. The van der Waals surface area contributed by atoms with Crippen molar-refractivity contribution in [2.24, 2.45) is 5.41 Å². The first-order valence-electron chi connectivity index (χ1n) is 7.13. The van der Waals surface area contributed by atoms with Gasteiger partial charge in [-0.1, -0.05) is 31.2 Å². The van der Waals surface area contributed by atoms with Crippen molar-refractivity contribution >= 4 is 17.7 Å². The standard InChI is InChI=1S/C9H6O2.C8H12O3/c10-9(11)8-5-4-6-2-1-3-7(6)8;1-8(5-7(10)11)4-2-3-6(8)9/h1-5H,(H,10,11);2-5H2,1H3,(H,10,11). The van der Waals surface area contributed by atoms with E-state index >= 15 is 0 Å². The molecule has 0 aromatic rings. The summed E-state index contributed by atoms with van der Waals surface area (Å²) in [6.07, 6.45) is 11.2. The molecule has 0 aromatic carbocycles. The highest BCUT2D eigenvalue weighted by Gasteiger charge is 2.38. The third-order valence-corrected chi connectivity index (χ3v) is 4.15. The van der Waals surface area contributed by atoms with E-state index in [1.807, 2.05) is 24.3 Å². The number of Topliss-reactive ketones (excluding diaryl/α,β-unsaturated/α-hetero) is 1. The highest BCUT2D eigenvalue weighted by molar-refractivity contribution is 5.96. The lowest BCUT2D eigenvalue weighted by atomic mass is 9.84. The smallest absolute Gasteiger partial charge is 0.336 e. The number of carboxylic acid groups (broad SMARTS) is 2. The molecule has 0 bridgehead atoms. The summed E-state index contributed by atoms with van der Waals surface area (Å²) in [6.45, 7) is 1.75. The second-order valence-electron chi connectivity index (χ2n) is 5.85. The largest absolute Gasteiger partial charge is 0.481 e. The minimum atomic E-state index is -0.872. The Hall–Kier alpha value is -2.43. The van der Waals surface area contributed by atoms with Crippen LogP contribution in [0.25, 0.3) is 0 Å². The molecule has 0 spiro atoms. The van der Waals surface area contributed by atoms with Crippen LogP contribution in [0.5, 0.6) is 0 Å². The predicted molar refractivity (Wildman–Crippen MR) is 80.2 cm³/mol. The van der Waals surface area contributed by atoms with Crippen LogP contribution in [0.3, 0.4) is 0 Å². The Balaban J connectivity index is 0.000000160. The number of rotatable bonds is 3. The fraction of sp³-hybridized carbons (Fsp3) is 0.353. The molecule has 0 radical (unpaired) electrons. The molecule has 1 atom stereocenters. The van der Waals surface area contributed by atoms with Gasteiger partial charge in [0, 0.05) is 11.8 Å². The first kappa shape index (κ1) is 15.9. The summed E-state index contributed by atoms with van der Waals surface area (Å²) >= 11 is 0. The topological polar surface area (TPSA) is 91.7 Å². The molecule has 1 saturated carbocycles. The van der Waals surface area contributed by atoms with Crippen LogP contribution in [0.4, 0.5) is 0 Å². The van der Waals surface area contributed by atoms with Gasteiger partial charge in [0.25, 0.3) is 0 Å². The quantitative estimate of drug-likeness (QED) is 0.836. The predicted octanol–water partition coefficient (Wildman–Crippen LogP) is 2.65. The highest BCUT2D eigenvalue weighted by atomic mass is 16.4. The lowest BCUT2D eigenvalue weighted by molar-refractivity contribution is -0.142. The molecule has 5 nitrogen and oxygen atoms in total. The van der Waals surface area contributed by atoms with Gasteiger partial charge in [0.15, 0.2) is 0 Å². The number of ketones is 1. The van der Waals surface area contributed by atoms with E-state index in [2.05, 4.69) is 0 Å². The third-order valence-electron chi connectivity index (χ3n) is 4.15. The van der Waals surface area contributed by atoms with E-state index in [1.54, 1.807) is 13.0 Å². The van der Waals surface area contributed by atoms with Crippen LogP contribution < -0.4 is 0 Å². The Kier molecular flexibility index (Phi) is 4.45. The average molecular weight is 302 g/mol. The fourth-order valence-corrected chi connectivity index (χ4v) is 2.88. The molecule has 0 amide bonds. The molecule has 5 heteroatoms. The molecule has 22 heavy (non-hydrogen) atoms. The highest BCUT2D eigenvalue weighted by Crippen LogP contribution is 2.37. The molecular weight excluding hydrogens is 284 g/mol. The van der Waals surface area contributed by atoms with E-state index in [4.69, 9.17) is 10.2 Å². The Morgan fingerprint density at radius 1 is 1.23 bits per heavy atom. The first-order chi connectivity index (χ1) is 10.3. The molecule has 1 unspecified atom stereocenters. The summed E-state index contributed by atoms with van der Waals surface area (Å²) in [6, 6.07) is 0. The Labute approximate surface area is 128 Å². The van der Waals surface area contributed by atoms with E-state index in [0.29, 0.717) is 12.0 Å². The number of fused-ring (bicyclic) bond motifs is 1. The Morgan fingerprint density at radius 2 is 1.95 bits per heavy atom. The monoisotopic (exact) mass is 302 g/mol. The van der Waals surface area contributed by atoms with Crippen molar-refractivity contribution in [2.75, 3.05) is 0 Å². The summed E-state index contributed by atoms with van der Waals surface area (Å²) in [4.78, 5) is 32.1. The van der Waals surface area contributed by atoms with Crippen molar-refractivity contribution in [3.63, 3.8) is 0 Å². The van der Waals surface area contributed by atoms with Gasteiger partial charge in [0.1, 0.15) is 5.78 Å². The van der Waals surface area contributed by atoms with Crippen molar-refractivity contribution in [2.45, 2.75) is 32.6 Å². The molecule has 0 aliphatic heterocycles. The van der Waals surface area contributed by atoms with Crippen LogP contribution in [-0.2, 0) is 14.4 Å². The third kappa shape index (κ3) is 3.24. The van der Waals surface area contributed by atoms with Crippen molar-refractivity contribution in [1.82, 2.24) is 0 Å². The summed E-state index contributed by atoms with van der Waals surface area (Å²) in [5, 5.41) is 17.2. The number of hydrogen-bond donors (Lipinski definition) is 2. The molecule has 0 aromatic heterocycles. The number of aliphatic carboxylic acids is 2. The zero-order chi connectivity index (χ0) is 16.3. The number of carbonyl (C=O) groups excluding carboxylic acids is 1. The second-order valence-corrected chi connectivity index (χ2v) is 5.85. The van der Waals surface area contributed by atoms with Gasteiger partial charge >= 0.3 is 11.9 Å². The van der Waals surface area contributed by atoms with E-state index in [1.165, 1.54) is 0 Å². The average Bonchev–Trinajstić information content (AvgIpc) is 3.06. The van der Waals surface area contributed by atoms with Gasteiger partial charge in [-0.25, -0.2) is 4.79 Å². The van der Waals surface area contributed by atoms with E-state index < -0.39 is 17.4 Å². The van der Waals surface area contributed by atoms with Crippen LogP contribution >= 0.6 is 0 Å². The summed E-state index contributed by atoms with van der Waals surface area (Å²) in [5.74, 6) is -1.62. The van der Waals surface area contributed by atoms with Gasteiger partial charge in [-0.2, -0.15) is 0 Å². The van der Waals surface area contributed by atoms with Crippen molar-refractivity contribution in [3.8, 4) is 0 Å². The maximum Gasteiger partial charge on any atom is 0.336 e. The van der Waals surface area contributed by atoms with Crippen LogP contribution in [0.2, 0.25) is 0 Å². The molecule has 1 fully saturated rings.